The van der Waals surface area contributed by atoms with Gasteiger partial charge in [-0.3, -0.25) is 5.10 Å². The number of aromatic amines is 2. The summed E-state index contributed by atoms with van der Waals surface area (Å²) in [5.41, 5.74) is 3.94. The summed E-state index contributed by atoms with van der Waals surface area (Å²) in [6.45, 7) is 1.91. The van der Waals surface area contributed by atoms with Crippen molar-refractivity contribution in [2.45, 2.75) is 6.92 Å². The second-order valence-electron chi connectivity index (χ2n) is 4.51. The number of nitrogens with one attached hydrogen (secondary N) is 2. The van der Waals surface area contributed by atoms with Crippen LogP contribution in [0.5, 0.6) is 0 Å². The van der Waals surface area contributed by atoms with Crippen LogP contribution in [0.2, 0.25) is 5.02 Å². The van der Waals surface area contributed by atoms with Gasteiger partial charge in [-0.05, 0) is 25.1 Å². The maximum atomic E-state index is 5.97. The van der Waals surface area contributed by atoms with E-state index in [1.54, 1.807) is 0 Å². The van der Waals surface area contributed by atoms with Gasteiger partial charge in [0, 0.05) is 10.4 Å². The van der Waals surface area contributed by atoms with Crippen molar-refractivity contribution in [2.24, 2.45) is 0 Å². The van der Waals surface area contributed by atoms with E-state index in [1.807, 2.05) is 25.1 Å². The molecular formula is C13H9ClN6. The summed E-state index contributed by atoms with van der Waals surface area (Å²) in [4.78, 5) is 16.0. The zero-order valence-corrected chi connectivity index (χ0v) is 11.2. The van der Waals surface area contributed by atoms with Crippen LogP contribution in [0.4, 0.5) is 0 Å². The lowest BCUT2D eigenvalue weighted by Gasteiger charge is -1.93. The molecule has 0 amide bonds. The van der Waals surface area contributed by atoms with Crippen molar-refractivity contribution in [1.29, 1.82) is 0 Å². The van der Waals surface area contributed by atoms with Gasteiger partial charge in [0.15, 0.2) is 11.5 Å². The number of halogens is 1. The van der Waals surface area contributed by atoms with E-state index >= 15 is 0 Å². The summed E-state index contributed by atoms with van der Waals surface area (Å²) in [6, 6.07) is 5.58. The number of hydrogen-bond donors (Lipinski definition) is 2. The van der Waals surface area contributed by atoms with Crippen molar-refractivity contribution in [3.63, 3.8) is 0 Å². The average Bonchev–Trinajstić information content (AvgIpc) is 3.02. The van der Waals surface area contributed by atoms with Crippen molar-refractivity contribution in [3.05, 3.63) is 35.2 Å². The van der Waals surface area contributed by atoms with Crippen LogP contribution >= 0.6 is 11.6 Å². The van der Waals surface area contributed by atoms with E-state index in [2.05, 4.69) is 30.1 Å². The molecule has 3 aromatic heterocycles. The second-order valence-corrected chi connectivity index (χ2v) is 4.94. The molecule has 0 aliphatic rings. The maximum absolute atomic E-state index is 5.97. The zero-order valence-electron chi connectivity index (χ0n) is 10.5. The highest BCUT2D eigenvalue weighted by Gasteiger charge is 2.14. The molecule has 20 heavy (non-hydrogen) atoms. The number of benzene rings is 1. The first-order chi connectivity index (χ1) is 9.72. The van der Waals surface area contributed by atoms with Gasteiger partial charge >= 0.3 is 0 Å². The molecule has 0 saturated heterocycles. The molecule has 6 nitrogen and oxygen atoms in total. The van der Waals surface area contributed by atoms with Crippen molar-refractivity contribution < 1.29 is 0 Å². The molecule has 4 rings (SSSR count). The number of aryl methyl sites for hydroxylation is 1. The normalized spacial score (nSPS) is 11.5. The molecule has 0 radical (unpaired) electrons. The van der Waals surface area contributed by atoms with Crippen molar-refractivity contribution in [2.75, 3.05) is 0 Å². The van der Waals surface area contributed by atoms with E-state index in [-0.39, 0.29) is 0 Å². The first-order valence-electron chi connectivity index (χ1n) is 6.04. The van der Waals surface area contributed by atoms with E-state index in [9.17, 15) is 0 Å². The van der Waals surface area contributed by atoms with Crippen LogP contribution in [0.15, 0.2) is 24.5 Å². The quantitative estimate of drug-likeness (QED) is 0.563. The third-order valence-electron chi connectivity index (χ3n) is 3.23. The van der Waals surface area contributed by atoms with Gasteiger partial charge in [-0.1, -0.05) is 11.6 Å². The van der Waals surface area contributed by atoms with E-state index in [0.29, 0.717) is 16.5 Å². The molecule has 0 aliphatic carbocycles. The summed E-state index contributed by atoms with van der Waals surface area (Å²) < 4.78 is 0. The summed E-state index contributed by atoms with van der Waals surface area (Å²) in [5.74, 6) is 0.664. The predicted molar refractivity (Wildman–Crippen MR) is 76.5 cm³/mol. The molecular weight excluding hydrogens is 276 g/mol. The fourth-order valence-electron chi connectivity index (χ4n) is 2.23. The lowest BCUT2D eigenvalue weighted by atomic mass is 10.2. The summed E-state index contributed by atoms with van der Waals surface area (Å²) in [6.07, 6.45) is 1.50. The molecule has 0 fully saturated rings. The molecule has 2 N–H and O–H groups in total. The van der Waals surface area contributed by atoms with Gasteiger partial charge in [-0.2, -0.15) is 5.10 Å². The number of imidazole rings is 1. The first kappa shape index (κ1) is 11.4. The van der Waals surface area contributed by atoms with Gasteiger partial charge in [-0.25, -0.2) is 15.0 Å². The smallest absolute Gasteiger partial charge is 0.181 e. The molecule has 4 aromatic rings. The number of H-pyrrole nitrogens is 2. The highest BCUT2D eigenvalue weighted by atomic mass is 35.5. The third-order valence-corrected chi connectivity index (χ3v) is 3.46. The van der Waals surface area contributed by atoms with Gasteiger partial charge < -0.3 is 4.98 Å². The van der Waals surface area contributed by atoms with Crippen molar-refractivity contribution in [3.8, 4) is 11.5 Å². The van der Waals surface area contributed by atoms with Gasteiger partial charge in [0.25, 0.3) is 0 Å². The van der Waals surface area contributed by atoms with Crippen LogP contribution in [0.25, 0.3) is 33.6 Å². The first-order valence-corrected chi connectivity index (χ1v) is 6.41. The van der Waals surface area contributed by atoms with E-state index in [0.717, 1.165) is 27.8 Å². The van der Waals surface area contributed by atoms with Crippen LogP contribution in [0.1, 0.15) is 5.69 Å². The van der Waals surface area contributed by atoms with Gasteiger partial charge in [0.05, 0.1) is 11.2 Å². The SMILES string of the molecule is Cc1ncnc2nc(-c3n[nH]c4cc(Cl)ccc34)[nH]c12. The Kier molecular flexibility index (Phi) is 2.28. The maximum Gasteiger partial charge on any atom is 0.181 e. The van der Waals surface area contributed by atoms with Crippen LogP contribution in [-0.4, -0.2) is 30.1 Å². The summed E-state index contributed by atoms with van der Waals surface area (Å²) in [7, 11) is 0. The van der Waals surface area contributed by atoms with Crippen molar-refractivity contribution >= 4 is 33.7 Å². The monoisotopic (exact) mass is 284 g/mol. The lowest BCUT2D eigenvalue weighted by molar-refractivity contribution is 1.10. The lowest BCUT2D eigenvalue weighted by Crippen LogP contribution is -1.84. The summed E-state index contributed by atoms with van der Waals surface area (Å²) >= 11 is 5.97. The zero-order chi connectivity index (χ0) is 13.7. The standard InChI is InChI=1S/C13H9ClN6/c1-6-10-12(16-5-15-6)18-13(17-10)11-8-3-2-7(14)4-9(8)19-20-11/h2-5H,1H3,(H,19,20)(H,15,16,17,18). The highest BCUT2D eigenvalue weighted by Crippen LogP contribution is 2.27. The minimum Gasteiger partial charge on any atom is -0.334 e. The van der Waals surface area contributed by atoms with Crippen LogP contribution < -0.4 is 0 Å². The van der Waals surface area contributed by atoms with E-state index in [1.165, 1.54) is 6.33 Å². The topological polar surface area (TPSA) is 83.1 Å². The third kappa shape index (κ3) is 1.58. The Morgan fingerprint density at radius 1 is 1.20 bits per heavy atom. The van der Waals surface area contributed by atoms with Gasteiger partial charge in [-0.15, -0.1) is 0 Å². The largest absolute Gasteiger partial charge is 0.334 e. The molecule has 0 spiro atoms. The predicted octanol–water partition coefficient (Wildman–Crippen LogP) is 2.86. The number of aromatic nitrogens is 6. The molecule has 0 aliphatic heterocycles. The molecule has 7 heteroatoms. The van der Waals surface area contributed by atoms with Crippen LogP contribution in [0.3, 0.4) is 0 Å². The minimum atomic E-state index is 0.637. The fourth-order valence-corrected chi connectivity index (χ4v) is 2.40. The Hall–Kier alpha value is -2.47. The molecule has 0 bridgehead atoms. The average molecular weight is 285 g/mol. The molecule has 0 unspecified atom stereocenters. The number of rotatable bonds is 1. The Labute approximate surface area is 118 Å². The minimum absolute atomic E-state index is 0.637. The molecule has 98 valence electrons. The van der Waals surface area contributed by atoms with Crippen molar-refractivity contribution in [1.82, 2.24) is 30.1 Å². The number of hydrogen-bond acceptors (Lipinski definition) is 4. The molecule has 0 atom stereocenters. The van der Waals surface area contributed by atoms with Crippen LogP contribution in [-0.2, 0) is 0 Å². The Bertz CT molecular complexity index is 938. The van der Waals surface area contributed by atoms with Gasteiger partial charge in [0.2, 0.25) is 0 Å². The molecule has 3 heterocycles. The Morgan fingerprint density at radius 2 is 2.10 bits per heavy atom. The van der Waals surface area contributed by atoms with Crippen LogP contribution in [0, 0.1) is 6.92 Å². The molecule has 1 aromatic carbocycles. The highest BCUT2D eigenvalue weighted by molar-refractivity contribution is 6.31. The number of nitrogens with zero attached hydrogens (tertiary/aromatic N) is 4. The summed E-state index contributed by atoms with van der Waals surface area (Å²) in [5, 5.41) is 8.89. The Morgan fingerprint density at radius 3 is 2.95 bits per heavy atom. The second kappa shape index (κ2) is 4.01. The fraction of sp³-hybridized carbons (Fsp3) is 0.0769. The number of fused-ring (bicyclic) bond motifs is 2. The van der Waals surface area contributed by atoms with E-state index in [4.69, 9.17) is 11.6 Å². The van der Waals surface area contributed by atoms with E-state index < -0.39 is 0 Å². The van der Waals surface area contributed by atoms with Gasteiger partial charge in [0.1, 0.15) is 17.5 Å². The Balaban J connectivity index is 1.99. The molecule has 0 saturated carbocycles.